The van der Waals surface area contributed by atoms with Crippen molar-refractivity contribution in [1.82, 2.24) is 9.97 Å². The fraction of sp³-hybridized carbons (Fsp3) is 0. The molecule has 2 heterocycles. The van der Waals surface area contributed by atoms with Crippen LogP contribution in [0.5, 0.6) is 5.75 Å². The highest BCUT2D eigenvalue weighted by atomic mass is 32.2. The van der Waals surface area contributed by atoms with Crippen molar-refractivity contribution in [2.45, 2.75) is 9.24 Å². The van der Waals surface area contributed by atoms with E-state index in [4.69, 9.17) is 5.73 Å². The van der Waals surface area contributed by atoms with E-state index in [2.05, 4.69) is 9.97 Å². The highest BCUT2D eigenvalue weighted by Gasteiger charge is 2.06. The van der Waals surface area contributed by atoms with Crippen LogP contribution >= 0.6 is 23.1 Å². The summed E-state index contributed by atoms with van der Waals surface area (Å²) in [6.45, 7) is 0. The van der Waals surface area contributed by atoms with Crippen molar-refractivity contribution in [3.63, 3.8) is 0 Å². The Morgan fingerprint density at radius 3 is 2.93 bits per heavy atom. The first-order valence-corrected chi connectivity index (χ1v) is 5.42. The summed E-state index contributed by atoms with van der Waals surface area (Å²) in [5, 5.41) is 10.5. The van der Waals surface area contributed by atoms with Crippen LogP contribution < -0.4 is 5.73 Å². The number of aromatic hydroxyl groups is 1. The lowest BCUT2D eigenvalue weighted by Gasteiger charge is -1.98. The van der Waals surface area contributed by atoms with Crippen LogP contribution in [-0.2, 0) is 0 Å². The Balaban J connectivity index is 2.23. The molecule has 4 nitrogen and oxygen atoms in total. The topological polar surface area (TPSA) is 72.0 Å². The average molecular weight is 225 g/mol. The van der Waals surface area contributed by atoms with Crippen LogP contribution in [0.2, 0.25) is 0 Å². The molecular weight excluding hydrogens is 218 g/mol. The first-order valence-electron chi connectivity index (χ1n) is 3.79. The molecule has 0 radical (unpaired) electrons. The third kappa shape index (κ3) is 1.97. The van der Waals surface area contributed by atoms with Crippen molar-refractivity contribution >= 4 is 28.2 Å². The van der Waals surface area contributed by atoms with Crippen LogP contribution in [0.25, 0.3) is 0 Å². The minimum Gasteiger partial charge on any atom is -0.505 e. The van der Waals surface area contributed by atoms with Crippen molar-refractivity contribution in [1.29, 1.82) is 0 Å². The lowest BCUT2D eigenvalue weighted by molar-refractivity contribution is 0.457. The van der Waals surface area contributed by atoms with Crippen molar-refractivity contribution in [2.24, 2.45) is 0 Å². The molecule has 0 aromatic carbocycles. The first kappa shape index (κ1) is 9.29. The molecule has 0 unspecified atom stereocenters. The Kier molecular flexibility index (Phi) is 2.55. The maximum atomic E-state index is 9.45. The molecule has 6 heteroatoms. The van der Waals surface area contributed by atoms with Gasteiger partial charge in [-0.25, -0.2) is 9.97 Å². The van der Waals surface area contributed by atoms with Gasteiger partial charge in [0.2, 0.25) is 0 Å². The molecule has 14 heavy (non-hydrogen) atoms. The summed E-state index contributed by atoms with van der Waals surface area (Å²) in [5.41, 5.74) is 5.48. The molecule has 0 fully saturated rings. The molecule has 0 bridgehead atoms. The van der Waals surface area contributed by atoms with Gasteiger partial charge in [-0.1, -0.05) is 23.1 Å². The summed E-state index contributed by atoms with van der Waals surface area (Å²) in [6.07, 6.45) is 3.30. The van der Waals surface area contributed by atoms with E-state index < -0.39 is 0 Å². The minimum absolute atomic E-state index is 0.171. The zero-order valence-corrected chi connectivity index (χ0v) is 8.68. The quantitative estimate of drug-likeness (QED) is 0.817. The van der Waals surface area contributed by atoms with Gasteiger partial charge < -0.3 is 10.8 Å². The molecule has 0 spiro atoms. The molecule has 0 atom stereocenters. The smallest absolute Gasteiger partial charge is 0.181 e. The fourth-order valence-corrected chi connectivity index (χ4v) is 2.53. The number of pyridine rings is 1. The number of nitrogen functional groups attached to an aromatic ring is 1. The van der Waals surface area contributed by atoms with Gasteiger partial charge in [0, 0.05) is 6.20 Å². The Labute approximate surface area is 88.8 Å². The van der Waals surface area contributed by atoms with Crippen LogP contribution in [0, 0.1) is 0 Å². The van der Waals surface area contributed by atoms with Gasteiger partial charge in [-0.15, -0.1) is 0 Å². The number of rotatable bonds is 2. The SMILES string of the molecule is Nc1ncc(Sc2ncccc2O)s1. The predicted octanol–water partition coefficient (Wildman–Crippen LogP) is 1.98. The highest BCUT2D eigenvalue weighted by Crippen LogP contribution is 2.35. The molecule has 2 aromatic rings. The van der Waals surface area contributed by atoms with E-state index in [0.717, 1.165) is 4.21 Å². The van der Waals surface area contributed by atoms with Crippen LogP contribution in [0.4, 0.5) is 5.13 Å². The van der Waals surface area contributed by atoms with Crippen LogP contribution in [0.15, 0.2) is 33.8 Å². The van der Waals surface area contributed by atoms with E-state index in [-0.39, 0.29) is 5.75 Å². The number of anilines is 1. The molecule has 2 rings (SSSR count). The summed E-state index contributed by atoms with van der Waals surface area (Å²) >= 11 is 2.72. The molecule has 0 aliphatic heterocycles. The second kappa shape index (κ2) is 3.85. The predicted molar refractivity (Wildman–Crippen MR) is 56.6 cm³/mol. The summed E-state index contributed by atoms with van der Waals surface area (Å²) in [5.74, 6) is 0.171. The Morgan fingerprint density at radius 2 is 2.29 bits per heavy atom. The minimum atomic E-state index is 0.171. The lowest BCUT2D eigenvalue weighted by atomic mass is 10.5. The molecule has 2 aromatic heterocycles. The van der Waals surface area contributed by atoms with Gasteiger partial charge in [0.15, 0.2) is 5.13 Å². The van der Waals surface area contributed by atoms with Gasteiger partial charge in [0.1, 0.15) is 10.8 Å². The highest BCUT2D eigenvalue weighted by molar-refractivity contribution is 8.01. The Bertz CT molecular complexity index is 444. The maximum absolute atomic E-state index is 9.45. The molecule has 0 saturated carbocycles. The van der Waals surface area contributed by atoms with E-state index >= 15 is 0 Å². The standard InChI is InChI=1S/C8H7N3OS2/c9-8-11-4-6(14-8)13-7-5(12)2-1-3-10-7/h1-4,12H,(H2,9,11). The monoisotopic (exact) mass is 225 g/mol. The van der Waals surface area contributed by atoms with Gasteiger partial charge in [0.25, 0.3) is 0 Å². The van der Waals surface area contributed by atoms with Crippen LogP contribution in [0.3, 0.4) is 0 Å². The lowest BCUT2D eigenvalue weighted by Crippen LogP contribution is -1.77. The molecule has 3 N–H and O–H groups in total. The van der Waals surface area contributed by atoms with Crippen molar-refractivity contribution < 1.29 is 5.11 Å². The first-order chi connectivity index (χ1) is 6.75. The van der Waals surface area contributed by atoms with Crippen LogP contribution in [-0.4, -0.2) is 15.1 Å². The molecular formula is C8H7N3OS2. The summed E-state index contributed by atoms with van der Waals surface area (Å²) in [7, 11) is 0. The van der Waals surface area contributed by atoms with Gasteiger partial charge >= 0.3 is 0 Å². The molecule has 0 saturated heterocycles. The van der Waals surface area contributed by atoms with E-state index in [0.29, 0.717) is 10.2 Å². The molecule has 0 aliphatic rings. The number of aromatic nitrogens is 2. The normalized spacial score (nSPS) is 10.3. The molecule has 0 aliphatic carbocycles. The number of nitrogens with two attached hydrogens (primary N) is 1. The zero-order chi connectivity index (χ0) is 9.97. The number of nitrogens with zero attached hydrogens (tertiary/aromatic N) is 2. The van der Waals surface area contributed by atoms with E-state index in [9.17, 15) is 5.11 Å². The Morgan fingerprint density at radius 1 is 1.43 bits per heavy atom. The molecule has 0 amide bonds. The van der Waals surface area contributed by atoms with Crippen molar-refractivity contribution in [3.8, 4) is 5.75 Å². The largest absolute Gasteiger partial charge is 0.505 e. The van der Waals surface area contributed by atoms with E-state index in [1.54, 1.807) is 24.5 Å². The van der Waals surface area contributed by atoms with Gasteiger partial charge in [0.05, 0.1) is 10.4 Å². The number of hydrogen-bond acceptors (Lipinski definition) is 6. The molecule has 72 valence electrons. The average Bonchev–Trinajstić information content (AvgIpc) is 2.56. The Hall–Kier alpha value is -1.27. The van der Waals surface area contributed by atoms with Gasteiger partial charge in [-0.3, -0.25) is 0 Å². The summed E-state index contributed by atoms with van der Waals surface area (Å²) in [4.78, 5) is 7.94. The zero-order valence-electron chi connectivity index (χ0n) is 7.04. The fourth-order valence-electron chi connectivity index (χ4n) is 0.876. The summed E-state index contributed by atoms with van der Waals surface area (Å²) in [6, 6.07) is 3.28. The van der Waals surface area contributed by atoms with E-state index in [1.165, 1.54) is 23.1 Å². The van der Waals surface area contributed by atoms with Crippen molar-refractivity contribution in [2.75, 3.05) is 5.73 Å². The number of thiazole rings is 1. The maximum Gasteiger partial charge on any atom is 0.181 e. The van der Waals surface area contributed by atoms with E-state index in [1.807, 2.05) is 0 Å². The second-order valence-electron chi connectivity index (χ2n) is 2.45. The van der Waals surface area contributed by atoms with Crippen LogP contribution in [0.1, 0.15) is 0 Å². The van der Waals surface area contributed by atoms with Crippen molar-refractivity contribution in [3.05, 3.63) is 24.5 Å². The third-order valence-corrected chi connectivity index (χ3v) is 3.39. The number of hydrogen-bond donors (Lipinski definition) is 2. The third-order valence-electron chi connectivity index (χ3n) is 1.45. The van der Waals surface area contributed by atoms with Gasteiger partial charge in [-0.2, -0.15) is 0 Å². The second-order valence-corrected chi connectivity index (χ2v) is 4.80. The summed E-state index contributed by atoms with van der Waals surface area (Å²) < 4.78 is 0.913. The van der Waals surface area contributed by atoms with Gasteiger partial charge in [-0.05, 0) is 12.1 Å².